The number of nitrogens with two attached hydrogens (primary N) is 1. The summed E-state index contributed by atoms with van der Waals surface area (Å²) in [5.74, 6) is 1.41. The van der Waals surface area contributed by atoms with Crippen molar-refractivity contribution in [3.8, 4) is 0 Å². The van der Waals surface area contributed by atoms with Crippen LogP contribution < -0.4 is 5.73 Å². The number of benzene rings is 1. The van der Waals surface area contributed by atoms with Crippen LogP contribution in [0.4, 0.5) is 0 Å². The van der Waals surface area contributed by atoms with Crippen molar-refractivity contribution in [3.05, 3.63) is 35.4 Å². The normalized spacial score (nSPS) is 21.9. The molecule has 0 bridgehead atoms. The van der Waals surface area contributed by atoms with Crippen LogP contribution in [0.15, 0.2) is 24.3 Å². The van der Waals surface area contributed by atoms with E-state index in [9.17, 15) is 0 Å². The molecule has 2 atom stereocenters. The summed E-state index contributed by atoms with van der Waals surface area (Å²) >= 11 is 0. The van der Waals surface area contributed by atoms with Gasteiger partial charge in [-0.25, -0.2) is 0 Å². The Hall–Kier alpha value is -0.820. The quantitative estimate of drug-likeness (QED) is 0.827. The maximum atomic E-state index is 6.31. The van der Waals surface area contributed by atoms with Crippen LogP contribution in [0.3, 0.4) is 0 Å². The second-order valence-corrected chi connectivity index (χ2v) is 5.56. The van der Waals surface area contributed by atoms with E-state index < -0.39 is 0 Å². The van der Waals surface area contributed by atoms with E-state index in [1.54, 1.807) is 0 Å². The van der Waals surface area contributed by atoms with Crippen molar-refractivity contribution in [1.82, 2.24) is 0 Å². The van der Waals surface area contributed by atoms with Crippen molar-refractivity contribution in [1.29, 1.82) is 0 Å². The highest BCUT2D eigenvalue weighted by atomic mass is 14.7. The monoisotopic (exact) mass is 217 g/mol. The summed E-state index contributed by atoms with van der Waals surface area (Å²) in [5, 5.41) is 0. The summed E-state index contributed by atoms with van der Waals surface area (Å²) in [6, 6.07) is 9.21. The molecule has 1 nitrogen and oxygen atoms in total. The molecule has 0 aliphatic heterocycles. The second kappa shape index (κ2) is 5.01. The van der Waals surface area contributed by atoms with Gasteiger partial charge in [-0.2, -0.15) is 0 Å². The molecule has 0 spiro atoms. The van der Waals surface area contributed by atoms with E-state index in [-0.39, 0.29) is 0 Å². The second-order valence-electron chi connectivity index (χ2n) is 5.56. The van der Waals surface area contributed by atoms with Gasteiger partial charge in [-0.1, -0.05) is 38.1 Å². The number of hydrogen-bond acceptors (Lipinski definition) is 1. The van der Waals surface area contributed by atoms with Crippen LogP contribution in [0.1, 0.15) is 37.8 Å². The van der Waals surface area contributed by atoms with Gasteiger partial charge in [0.2, 0.25) is 0 Å². The van der Waals surface area contributed by atoms with Gasteiger partial charge in [0.1, 0.15) is 0 Å². The topological polar surface area (TPSA) is 26.0 Å². The Morgan fingerprint density at radius 2 is 1.94 bits per heavy atom. The fourth-order valence-electron chi connectivity index (χ4n) is 2.83. The first-order valence-electron chi connectivity index (χ1n) is 6.49. The Morgan fingerprint density at radius 1 is 1.25 bits per heavy atom. The first-order chi connectivity index (χ1) is 7.66. The van der Waals surface area contributed by atoms with Gasteiger partial charge in [0.25, 0.3) is 0 Å². The molecule has 0 amide bonds. The number of hydrogen-bond donors (Lipinski definition) is 1. The molecule has 1 heteroatoms. The van der Waals surface area contributed by atoms with Crippen molar-refractivity contribution in [2.45, 2.75) is 45.6 Å². The van der Waals surface area contributed by atoms with Gasteiger partial charge >= 0.3 is 0 Å². The zero-order valence-corrected chi connectivity index (χ0v) is 10.4. The minimum atomic E-state index is 0.383. The largest absolute Gasteiger partial charge is 0.327 e. The molecule has 88 valence electrons. The predicted octanol–water partition coefficient (Wildman–Crippen LogP) is 3.16. The fourth-order valence-corrected chi connectivity index (χ4v) is 2.83. The van der Waals surface area contributed by atoms with E-state index in [2.05, 4.69) is 38.1 Å². The van der Waals surface area contributed by atoms with Crippen LogP contribution in [0, 0.1) is 11.8 Å². The van der Waals surface area contributed by atoms with Gasteiger partial charge in [-0.05, 0) is 48.6 Å². The Balaban J connectivity index is 2.02. The fraction of sp³-hybridized carbons (Fsp3) is 0.600. The number of fused-ring (bicyclic) bond motifs is 1. The van der Waals surface area contributed by atoms with Gasteiger partial charge in [0.15, 0.2) is 0 Å². The minimum Gasteiger partial charge on any atom is -0.327 e. The molecule has 0 heterocycles. The first-order valence-corrected chi connectivity index (χ1v) is 6.49. The maximum absolute atomic E-state index is 6.31. The summed E-state index contributed by atoms with van der Waals surface area (Å²) in [6.45, 7) is 4.52. The number of rotatable bonds is 3. The standard InChI is InChI=1S/C15H23N/c1-11(2)9-15(16)14-8-7-12-5-3-4-6-13(12)10-14/h3-6,11,14-15H,7-10,16H2,1-2H3. The number of aryl methyl sites for hydroxylation is 1. The highest BCUT2D eigenvalue weighted by molar-refractivity contribution is 5.29. The van der Waals surface area contributed by atoms with Crippen molar-refractivity contribution in [3.63, 3.8) is 0 Å². The van der Waals surface area contributed by atoms with E-state index in [0.717, 1.165) is 6.42 Å². The molecule has 1 aliphatic rings. The molecule has 1 aromatic rings. The third-order valence-corrected chi connectivity index (χ3v) is 3.73. The molecule has 0 radical (unpaired) electrons. The van der Waals surface area contributed by atoms with Crippen LogP contribution in [0.5, 0.6) is 0 Å². The molecule has 0 aromatic heterocycles. The molecular formula is C15H23N. The van der Waals surface area contributed by atoms with E-state index >= 15 is 0 Å². The highest BCUT2D eigenvalue weighted by Crippen LogP contribution is 2.28. The molecule has 2 rings (SSSR count). The summed E-state index contributed by atoms with van der Waals surface area (Å²) in [7, 11) is 0. The lowest BCUT2D eigenvalue weighted by Crippen LogP contribution is -2.35. The molecule has 16 heavy (non-hydrogen) atoms. The lowest BCUT2D eigenvalue weighted by molar-refractivity contribution is 0.330. The van der Waals surface area contributed by atoms with E-state index in [4.69, 9.17) is 5.73 Å². The zero-order chi connectivity index (χ0) is 11.5. The van der Waals surface area contributed by atoms with Gasteiger partial charge in [-0.3, -0.25) is 0 Å². The summed E-state index contributed by atoms with van der Waals surface area (Å²) in [6.07, 6.45) is 4.83. The Labute approximate surface area is 99.0 Å². The summed E-state index contributed by atoms with van der Waals surface area (Å²) in [5.41, 5.74) is 9.37. The van der Waals surface area contributed by atoms with Crippen molar-refractivity contribution in [2.24, 2.45) is 17.6 Å². The van der Waals surface area contributed by atoms with Crippen LogP contribution >= 0.6 is 0 Å². The maximum Gasteiger partial charge on any atom is 0.00728 e. The average Bonchev–Trinajstić information content (AvgIpc) is 2.27. The first kappa shape index (κ1) is 11.7. The molecule has 0 fully saturated rings. The minimum absolute atomic E-state index is 0.383. The van der Waals surface area contributed by atoms with Crippen LogP contribution in [-0.2, 0) is 12.8 Å². The Morgan fingerprint density at radius 3 is 2.62 bits per heavy atom. The SMILES string of the molecule is CC(C)CC(N)C1CCc2ccccc2C1. The lowest BCUT2D eigenvalue weighted by atomic mass is 9.78. The zero-order valence-electron chi connectivity index (χ0n) is 10.4. The predicted molar refractivity (Wildman–Crippen MR) is 69.4 cm³/mol. The van der Waals surface area contributed by atoms with Crippen molar-refractivity contribution in [2.75, 3.05) is 0 Å². The molecule has 0 saturated carbocycles. The highest BCUT2D eigenvalue weighted by Gasteiger charge is 2.23. The van der Waals surface area contributed by atoms with Crippen molar-refractivity contribution < 1.29 is 0 Å². The van der Waals surface area contributed by atoms with Gasteiger partial charge in [0.05, 0.1) is 0 Å². The molecular weight excluding hydrogens is 194 g/mol. The Bertz CT molecular complexity index is 343. The van der Waals surface area contributed by atoms with Crippen molar-refractivity contribution >= 4 is 0 Å². The van der Waals surface area contributed by atoms with E-state index in [0.29, 0.717) is 17.9 Å². The van der Waals surface area contributed by atoms with Gasteiger partial charge in [0, 0.05) is 6.04 Å². The molecule has 1 aliphatic carbocycles. The van der Waals surface area contributed by atoms with Crippen LogP contribution in [0.2, 0.25) is 0 Å². The molecule has 1 aromatic carbocycles. The summed E-state index contributed by atoms with van der Waals surface area (Å²) < 4.78 is 0. The third-order valence-electron chi connectivity index (χ3n) is 3.73. The van der Waals surface area contributed by atoms with E-state index in [1.165, 1.54) is 30.4 Å². The molecule has 2 unspecified atom stereocenters. The third kappa shape index (κ3) is 2.65. The van der Waals surface area contributed by atoms with Gasteiger partial charge < -0.3 is 5.73 Å². The van der Waals surface area contributed by atoms with E-state index in [1.807, 2.05) is 0 Å². The summed E-state index contributed by atoms with van der Waals surface area (Å²) in [4.78, 5) is 0. The Kier molecular flexibility index (Phi) is 3.65. The molecule has 0 saturated heterocycles. The molecule has 2 N–H and O–H groups in total. The van der Waals surface area contributed by atoms with Crippen LogP contribution in [-0.4, -0.2) is 6.04 Å². The van der Waals surface area contributed by atoms with Crippen LogP contribution in [0.25, 0.3) is 0 Å². The smallest absolute Gasteiger partial charge is 0.00728 e. The van der Waals surface area contributed by atoms with Gasteiger partial charge in [-0.15, -0.1) is 0 Å². The average molecular weight is 217 g/mol. The lowest BCUT2D eigenvalue weighted by Gasteiger charge is -2.30.